The Labute approximate surface area is 115 Å². The number of nitrogens with one attached hydrogen (secondary N) is 1. The summed E-state index contributed by atoms with van der Waals surface area (Å²) >= 11 is 6.05. The third kappa shape index (κ3) is 3.47. The molecular weight excluding hydrogens is 244 g/mol. The molecule has 1 aromatic rings. The van der Waals surface area contributed by atoms with E-state index in [9.17, 15) is 0 Å². The van der Waals surface area contributed by atoms with Gasteiger partial charge in [-0.05, 0) is 57.6 Å². The SMILES string of the molecule is CNC(CCN(C)C1CCC1)c1cccc(Cl)c1. The molecule has 100 valence electrons. The summed E-state index contributed by atoms with van der Waals surface area (Å²) in [6, 6.07) is 9.38. The first-order valence-corrected chi connectivity index (χ1v) is 7.21. The standard InChI is InChI=1S/C15H23ClN2/c1-17-15(12-5-3-6-13(16)11-12)9-10-18(2)14-7-4-8-14/h3,5-6,11,14-15,17H,4,7-10H2,1-2H3. The molecule has 1 fully saturated rings. The largest absolute Gasteiger partial charge is 0.313 e. The minimum absolute atomic E-state index is 0.395. The number of nitrogens with zero attached hydrogens (tertiary/aromatic N) is 1. The highest BCUT2D eigenvalue weighted by atomic mass is 35.5. The number of hydrogen-bond acceptors (Lipinski definition) is 2. The zero-order chi connectivity index (χ0) is 13.0. The molecule has 2 rings (SSSR count). The van der Waals surface area contributed by atoms with Gasteiger partial charge in [-0.15, -0.1) is 0 Å². The third-order valence-electron chi connectivity index (χ3n) is 4.07. The van der Waals surface area contributed by atoms with Gasteiger partial charge in [-0.2, -0.15) is 0 Å². The summed E-state index contributed by atoms with van der Waals surface area (Å²) in [7, 11) is 4.27. The van der Waals surface area contributed by atoms with Crippen LogP contribution in [0.5, 0.6) is 0 Å². The molecule has 1 aromatic carbocycles. The number of hydrogen-bond donors (Lipinski definition) is 1. The van der Waals surface area contributed by atoms with Gasteiger partial charge in [-0.25, -0.2) is 0 Å². The van der Waals surface area contributed by atoms with Crippen LogP contribution in [0.15, 0.2) is 24.3 Å². The van der Waals surface area contributed by atoms with Crippen molar-refractivity contribution < 1.29 is 0 Å². The first-order chi connectivity index (χ1) is 8.70. The van der Waals surface area contributed by atoms with Gasteiger partial charge in [-0.1, -0.05) is 30.2 Å². The van der Waals surface area contributed by atoms with Gasteiger partial charge in [0.1, 0.15) is 0 Å². The molecule has 0 spiro atoms. The molecule has 1 aliphatic rings. The zero-order valence-corrected chi connectivity index (χ0v) is 12.1. The van der Waals surface area contributed by atoms with Gasteiger partial charge in [0.2, 0.25) is 0 Å². The lowest BCUT2D eigenvalue weighted by molar-refractivity contribution is 0.153. The molecule has 1 saturated carbocycles. The summed E-state index contributed by atoms with van der Waals surface area (Å²) in [5.74, 6) is 0. The van der Waals surface area contributed by atoms with Crippen LogP contribution in [0.1, 0.15) is 37.3 Å². The van der Waals surface area contributed by atoms with Crippen molar-refractivity contribution in [1.82, 2.24) is 10.2 Å². The molecule has 0 aliphatic heterocycles. The van der Waals surface area contributed by atoms with E-state index in [1.165, 1.54) is 24.8 Å². The van der Waals surface area contributed by atoms with E-state index in [2.05, 4.69) is 29.4 Å². The fraction of sp³-hybridized carbons (Fsp3) is 0.600. The van der Waals surface area contributed by atoms with Gasteiger partial charge in [0, 0.05) is 17.1 Å². The maximum absolute atomic E-state index is 6.05. The van der Waals surface area contributed by atoms with Gasteiger partial charge in [0.25, 0.3) is 0 Å². The highest BCUT2D eigenvalue weighted by Crippen LogP contribution is 2.25. The number of rotatable bonds is 6. The van der Waals surface area contributed by atoms with Crippen molar-refractivity contribution in [3.05, 3.63) is 34.9 Å². The molecule has 0 bridgehead atoms. The monoisotopic (exact) mass is 266 g/mol. The minimum Gasteiger partial charge on any atom is -0.313 e. The van der Waals surface area contributed by atoms with Crippen molar-refractivity contribution in [2.24, 2.45) is 0 Å². The first kappa shape index (κ1) is 13.9. The van der Waals surface area contributed by atoms with Crippen LogP contribution >= 0.6 is 11.6 Å². The maximum atomic E-state index is 6.05. The van der Waals surface area contributed by atoms with Crippen LogP contribution in [0.4, 0.5) is 0 Å². The Morgan fingerprint density at radius 3 is 2.78 bits per heavy atom. The van der Waals surface area contributed by atoms with Crippen LogP contribution in [0.2, 0.25) is 5.02 Å². The normalized spacial score (nSPS) is 17.8. The fourth-order valence-corrected chi connectivity index (χ4v) is 2.74. The van der Waals surface area contributed by atoms with E-state index >= 15 is 0 Å². The Morgan fingerprint density at radius 2 is 2.22 bits per heavy atom. The minimum atomic E-state index is 0.395. The second-order valence-corrected chi connectivity index (χ2v) is 5.69. The lowest BCUT2D eigenvalue weighted by Crippen LogP contribution is -2.38. The Balaban J connectivity index is 1.88. The summed E-state index contributed by atoms with van der Waals surface area (Å²) in [4.78, 5) is 2.50. The average molecular weight is 267 g/mol. The van der Waals surface area contributed by atoms with Crippen molar-refractivity contribution in [3.8, 4) is 0 Å². The Hall–Kier alpha value is -0.570. The molecule has 1 aliphatic carbocycles. The fourth-order valence-electron chi connectivity index (χ4n) is 2.54. The van der Waals surface area contributed by atoms with E-state index in [0.717, 1.165) is 24.0 Å². The molecular formula is C15H23ClN2. The molecule has 2 nitrogen and oxygen atoms in total. The predicted octanol–water partition coefficient (Wildman–Crippen LogP) is 3.47. The topological polar surface area (TPSA) is 15.3 Å². The predicted molar refractivity (Wildman–Crippen MR) is 78.1 cm³/mol. The third-order valence-corrected chi connectivity index (χ3v) is 4.30. The van der Waals surface area contributed by atoms with Crippen molar-refractivity contribution >= 4 is 11.6 Å². The molecule has 3 heteroatoms. The van der Waals surface area contributed by atoms with E-state index in [-0.39, 0.29) is 0 Å². The molecule has 0 saturated heterocycles. The van der Waals surface area contributed by atoms with Gasteiger partial charge < -0.3 is 10.2 Å². The Kier molecular flexibility index (Phi) is 5.04. The average Bonchev–Trinajstić information content (AvgIpc) is 2.27. The van der Waals surface area contributed by atoms with E-state index in [0.29, 0.717) is 6.04 Å². The van der Waals surface area contributed by atoms with Crippen molar-refractivity contribution in [1.29, 1.82) is 0 Å². The van der Waals surface area contributed by atoms with Crippen molar-refractivity contribution in [3.63, 3.8) is 0 Å². The molecule has 18 heavy (non-hydrogen) atoms. The molecule has 1 unspecified atom stereocenters. The van der Waals surface area contributed by atoms with Crippen LogP contribution < -0.4 is 5.32 Å². The second-order valence-electron chi connectivity index (χ2n) is 5.25. The summed E-state index contributed by atoms with van der Waals surface area (Å²) in [6.45, 7) is 1.14. The summed E-state index contributed by atoms with van der Waals surface area (Å²) in [5.41, 5.74) is 1.28. The quantitative estimate of drug-likeness (QED) is 0.848. The first-order valence-electron chi connectivity index (χ1n) is 6.83. The number of benzene rings is 1. The van der Waals surface area contributed by atoms with Crippen molar-refractivity contribution in [2.75, 3.05) is 20.6 Å². The van der Waals surface area contributed by atoms with Crippen LogP contribution in [0.25, 0.3) is 0 Å². The van der Waals surface area contributed by atoms with E-state index in [1.807, 2.05) is 19.2 Å². The molecule has 0 aromatic heterocycles. The summed E-state index contributed by atoms with van der Waals surface area (Å²) in [6.07, 6.45) is 5.28. The molecule has 0 radical (unpaired) electrons. The highest BCUT2D eigenvalue weighted by Gasteiger charge is 2.22. The maximum Gasteiger partial charge on any atom is 0.0409 e. The van der Waals surface area contributed by atoms with Gasteiger partial charge >= 0.3 is 0 Å². The zero-order valence-electron chi connectivity index (χ0n) is 11.3. The molecule has 0 amide bonds. The Morgan fingerprint density at radius 1 is 1.44 bits per heavy atom. The second kappa shape index (κ2) is 6.55. The highest BCUT2D eigenvalue weighted by molar-refractivity contribution is 6.30. The van der Waals surface area contributed by atoms with Crippen LogP contribution in [-0.2, 0) is 0 Å². The van der Waals surface area contributed by atoms with Gasteiger partial charge in [0.15, 0.2) is 0 Å². The van der Waals surface area contributed by atoms with E-state index in [1.54, 1.807) is 0 Å². The summed E-state index contributed by atoms with van der Waals surface area (Å²) < 4.78 is 0. The van der Waals surface area contributed by atoms with Gasteiger partial charge in [-0.3, -0.25) is 0 Å². The lowest BCUT2D eigenvalue weighted by atomic mass is 9.91. The molecule has 1 atom stereocenters. The van der Waals surface area contributed by atoms with Crippen LogP contribution in [0.3, 0.4) is 0 Å². The van der Waals surface area contributed by atoms with Crippen LogP contribution in [-0.4, -0.2) is 31.6 Å². The molecule has 1 N–H and O–H groups in total. The van der Waals surface area contributed by atoms with Crippen LogP contribution in [0, 0.1) is 0 Å². The van der Waals surface area contributed by atoms with E-state index < -0.39 is 0 Å². The summed E-state index contributed by atoms with van der Waals surface area (Å²) in [5, 5.41) is 4.21. The van der Waals surface area contributed by atoms with E-state index in [4.69, 9.17) is 11.6 Å². The smallest absolute Gasteiger partial charge is 0.0409 e. The Bertz CT molecular complexity index is 377. The molecule has 0 heterocycles. The van der Waals surface area contributed by atoms with Gasteiger partial charge in [0.05, 0.1) is 0 Å². The van der Waals surface area contributed by atoms with Crippen molar-refractivity contribution in [2.45, 2.75) is 37.8 Å². The lowest BCUT2D eigenvalue weighted by Gasteiger charge is -2.35. The number of halogens is 1.